The van der Waals surface area contributed by atoms with Crippen molar-refractivity contribution in [3.8, 4) is 45.3 Å². The fourth-order valence-electron chi connectivity index (χ4n) is 8.49. The van der Waals surface area contributed by atoms with Crippen molar-refractivity contribution in [3.05, 3.63) is 180 Å². The molecule has 0 saturated carbocycles. The Balaban J connectivity index is 0.000000176. The molecule has 0 atom stereocenters. The van der Waals surface area contributed by atoms with Gasteiger partial charge in [0.15, 0.2) is 0 Å². The molecule has 73 heavy (non-hydrogen) atoms. The number of carboxylic acids is 1. The second-order valence-electron chi connectivity index (χ2n) is 17.0. The number of nitrogens with one attached hydrogen (secondary N) is 1. The highest BCUT2D eigenvalue weighted by Crippen LogP contribution is 2.32. The Morgan fingerprint density at radius 1 is 0.630 bits per heavy atom. The van der Waals surface area contributed by atoms with Gasteiger partial charge in [-0.1, -0.05) is 47.8 Å². The first kappa shape index (κ1) is 51.0. The van der Waals surface area contributed by atoms with Gasteiger partial charge in [0.25, 0.3) is 10.5 Å². The molecular weight excluding hydrogens is 965 g/mol. The van der Waals surface area contributed by atoms with Gasteiger partial charge >= 0.3 is 5.97 Å². The zero-order valence-electron chi connectivity index (χ0n) is 40.0. The first-order chi connectivity index (χ1) is 35.2. The lowest BCUT2D eigenvalue weighted by molar-refractivity contribution is -0.137. The van der Waals surface area contributed by atoms with Crippen LogP contribution in [0.2, 0.25) is 0 Å². The number of benzene rings is 4. The number of aromatic nitrogens is 6. The lowest BCUT2D eigenvalue weighted by atomic mass is 10.1. The summed E-state index contributed by atoms with van der Waals surface area (Å²) in [6, 6.07) is 34.8. The molecule has 2 aliphatic heterocycles. The van der Waals surface area contributed by atoms with Crippen LogP contribution in [0.3, 0.4) is 0 Å². The molecule has 6 heterocycles. The topological polar surface area (TPSA) is 235 Å². The predicted molar refractivity (Wildman–Crippen MR) is 283 cm³/mol. The highest BCUT2D eigenvalue weighted by molar-refractivity contribution is 8.14. The van der Waals surface area contributed by atoms with Gasteiger partial charge in [0, 0.05) is 101 Å². The van der Waals surface area contributed by atoms with E-state index in [0.717, 1.165) is 80.1 Å². The van der Waals surface area contributed by atoms with E-state index in [1.807, 2.05) is 120 Å². The molecule has 0 radical (unpaired) electrons. The largest absolute Gasteiger partial charge is 0.481 e. The SMILES string of the molecule is Cc1cc(C(N)=O)ccc1-n1c(CCC(=O)N2CCSC2=O)ccc1-c1ccc(-n2ccnc2)cc1.Cc1cc(C(N)=O)ccc1-n1c(CCC(=O)O)ccc1-c1ccc(-n2ccnc2)cc1.O=C1NCCS1. The van der Waals surface area contributed by atoms with E-state index in [1.165, 1.54) is 28.4 Å². The minimum absolute atomic E-state index is 0.0292. The molecule has 2 aliphatic rings. The number of aliphatic carboxylic acids is 1. The van der Waals surface area contributed by atoms with Crippen LogP contribution in [0.1, 0.15) is 56.1 Å². The van der Waals surface area contributed by atoms with Crippen LogP contribution in [-0.2, 0) is 22.4 Å². The van der Waals surface area contributed by atoms with Crippen molar-refractivity contribution in [1.82, 2.24) is 38.5 Å². The number of rotatable bonds is 14. The van der Waals surface area contributed by atoms with Crippen molar-refractivity contribution >= 4 is 57.7 Å². The van der Waals surface area contributed by atoms with Gasteiger partial charge in [-0.05, 0) is 134 Å². The molecule has 372 valence electrons. The van der Waals surface area contributed by atoms with Crippen LogP contribution >= 0.6 is 23.5 Å². The number of hydrogen-bond acceptors (Lipinski definition) is 10. The van der Waals surface area contributed by atoms with E-state index < -0.39 is 17.8 Å². The van der Waals surface area contributed by atoms with E-state index in [2.05, 4.69) is 24.4 Å². The first-order valence-corrected chi connectivity index (χ1v) is 25.2. The lowest BCUT2D eigenvalue weighted by Crippen LogP contribution is -2.31. The second-order valence-corrected chi connectivity index (χ2v) is 19.1. The quantitative estimate of drug-likeness (QED) is 0.0805. The van der Waals surface area contributed by atoms with E-state index in [9.17, 15) is 28.8 Å². The number of imidazole rings is 2. The molecule has 4 aromatic heterocycles. The van der Waals surface area contributed by atoms with Crippen LogP contribution in [0.15, 0.2) is 147 Å². The molecule has 8 aromatic rings. The second kappa shape index (κ2) is 23.2. The Morgan fingerprint density at radius 2 is 1.12 bits per heavy atom. The summed E-state index contributed by atoms with van der Waals surface area (Å²) in [7, 11) is 0. The number of carbonyl (C=O) groups is 6. The minimum atomic E-state index is -0.847. The molecule has 17 nitrogen and oxygen atoms in total. The fourth-order valence-corrected chi connectivity index (χ4v) is 9.88. The third-order valence-electron chi connectivity index (χ3n) is 12.2. The summed E-state index contributed by atoms with van der Waals surface area (Å²) in [5.41, 5.74) is 23.0. The molecule has 0 bridgehead atoms. The first-order valence-electron chi connectivity index (χ1n) is 23.3. The molecule has 0 unspecified atom stereocenters. The number of imide groups is 1. The summed E-state index contributed by atoms with van der Waals surface area (Å²) >= 11 is 2.53. The summed E-state index contributed by atoms with van der Waals surface area (Å²) in [5, 5.41) is 11.8. The van der Waals surface area contributed by atoms with Gasteiger partial charge < -0.3 is 40.2 Å². The Labute approximate surface area is 429 Å². The number of amides is 5. The number of aryl methyl sites for hydroxylation is 4. The summed E-state index contributed by atoms with van der Waals surface area (Å²) in [4.78, 5) is 78.7. The van der Waals surface area contributed by atoms with E-state index in [-0.39, 0.29) is 29.2 Å². The summed E-state index contributed by atoms with van der Waals surface area (Å²) in [6.07, 6.45) is 11.8. The van der Waals surface area contributed by atoms with E-state index in [0.29, 0.717) is 36.3 Å². The van der Waals surface area contributed by atoms with Gasteiger partial charge in [-0.25, -0.2) is 9.97 Å². The monoisotopic (exact) mass is 1020 g/mol. The van der Waals surface area contributed by atoms with Crippen LogP contribution in [-0.4, -0.2) is 97.0 Å². The van der Waals surface area contributed by atoms with E-state index in [4.69, 9.17) is 16.6 Å². The number of nitrogens with zero attached hydrogens (tertiary/aromatic N) is 7. The number of nitrogens with two attached hydrogens (primary N) is 2. The molecule has 10 rings (SSSR count). The Kier molecular flexibility index (Phi) is 16.2. The van der Waals surface area contributed by atoms with Crippen molar-refractivity contribution in [2.45, 2.75) is 39.5 Å². The molecule has 0 spiro atoms. The number of primary amides is 2. The Morgan fingerprint density at radius 3 is 1.48 bits per heavy atom. The molecule has 2 saturated heterocycles. The summed E-state index contributed by atoms with van der Waals surface area (Å²) in [6.45, 7) is 5.16. The van der Waals surface area contributed by atoms with E-state index >= 15 is 0 Å². The van der Waals surface area contributed by atoms with Gasteiger partial charge in [-0.15, -0.1) is 0 Å². The third kappa shape index (κ3) is 12.2. The molecule has 2 fully saturated rings. The van der Waals surface area contributed by atoms with Gasteiger partial charge in [-0.3, -0.25) is 33.7 Å². The average Bonchev–Trinajstić information content (AvgIpc) is 4.26. The van der Waals surface area contributed by atoms with Crippen LogP contribution in [0.4, 0.5) is 9.59 Å². The highest BCUT2D eigenvalue weighted by atomic mass is 32.2. The van der Waals surface area contributed by atoms with Crippen LogP contribution in [0.25, 0.3) is 45.3 Å². The van der Waals surface area contributed by atoms with Gasteiger partial charge in [0.1, 0.15) is 0 Å². The predicted octanol–water partition coefficient (Wildman–Crippen LogP) is 8.56. The maximum atomic E-state index is 12.7. The number of thioether (sulfide) groups is 2. The van der Waals surface area contributed by atoms with Crippen molar-refractivity contribution in [2.24, 2.45) is 11.5 Å². The summed E-state index contributed by atoms with van der Waals surface area (Å²) in [5.74, 6) is -0.385. The maximum absolute atomic E-state index is 12.7. The van der Waals surface area contributed by atoms with Crippen LogP contribution in [0.5, 0.6) is 0 Å². The Hall–Kier alpha value is -8.42. The van der Waals surface area contributed by atoms with Crippen LogP contribution < -0.4 is 16.8 Å². The van der Waals surface area contributed by atoms with Crippen molar-refractivity contribution in [1.29, 1.82) is 0 Å². The molecule has 4 aromatic carbocycles. The van der Waals surface area contributed by atoms with Crippen molar-refractivity contribution in [3.63, 3.8) is 0 Å². The average molecular weight is 1020 g/mol. The standard InChI is InChI=1S/C27H25N5O3S.C24H22N4O3.C3H5NOS/c1-18-16-20(26(28)34)4-9-23(18)32-22(8-11-25(33)31-14-15-36-27(31)35)7-10-24(32)19-2-5-21(6-3-19)30-13-12-29-17-30;1-16-14-18(24(25)31)4-9-21(16)28-20(8-11-23(29)30)7-10-22(28)17-2-5-19(6-3-17)27-13-12-26-15-27;5-3-4-1-2-6-3/h2-7,9-10,12-13,16-17H,8,11,14-15H2,1H3,(H2,28,34);2-7,9-10,12-15H,8,11H2,1H3,(H2,25,31)(H,29,30);1-2H2,(H,4,5). The lowest BCUT2D eigenvalue weighted by Gasteiger charge is -2.18. The number of carboxylic acid groups (broad SMARTS) is 1. The molecule has 0 aliphatic carbocycles. The van der Waals surface area contributed by atoms with Gasteiger partial charge in [0.2, 0.25) is 17.7 Å². The maximum Gasteiger partial charge on any atom is 0.303 e. The molecule has 5 amide bonds. The van der Waals surface area contributed by atoms with Crippen molar-refractivity contribution < 1.29 is 33.9 Å². The van der Waals surface area contributed by atoms with Crippen LogP contribution in [0, 0.1) is 13.8 Å². The van der Waals surface area contributed by atoms with Gasteiger partial charge in [-0.2, -0.15) is 0 Å². The smallest absolute Gasteiger partial charge is 0.303 e. The molecule has 19 heteroatoms. The van der Waals surface area contributed by atoms with Crippen molar-refractivity contribution in [2.75, 3.05) is 24.6 Å². The highest BCUT2D eigenvalue weighted by Gasteiger charge is 2.27. The van der Waals surface area contributed by atoms with E-state index in [1.54, 1.807) is 49.3 Å². The molecule has 6 N–H and O–H groups in total. The molecular formula is C54H52N10O7S2. The van der Waals surface area contributed by atoms with Gasteiger partial charge in [0.05, 0.1) is 30.5 Å². The normalized spacial score (nSPS) is 12.9. The fraction of sp³-hybridized carbons (Fsp3) is 0.185. The zero-order valence-corrected chi connectivity index (χ0v) is 41.6. The Bertz CT molecular complexity index is 3280. The number of carbonyl (C=O) groups excluding carboxylic acids is 5. The zero-order chi connectivity index (χ0) is 51.6. The summed E-state index contributed by atoms with van der Waals surface area (Å²) < 4.78 is 8.02. The third-order valence-corrected chi connectivity index (χ3v) is 13.8. The minimum Gasteiger partial charge on any atom is -0.481 e. The number of hydrogen-bond donors (Lipinski definition) is 4.